The molecule has 0 saturated heterocycles. The number of methoxy groups -OCH3 is 1. The average molecular weight is 245 g/mol. The van der Waals surface area contributed by atoms with Crippen LogP contribution in [0.15, 0.2) is 29.8 Å². The number of nitrogens with one attached hydrogen (secondary N) is 1. The van der Waals surface area contributed by atoms with Crippen molar-refractivity contribution in [1.82, 2.24) is 5.32 Å². The summed E-state index contributed by atoms with van der Waals surface area (Å²) in [7, 11) is 1.39. The highest BCUT2D eigenvalue weighted by Crippen LogP contribution is 2.19. The summed E-state index contributed by atoms with van der Waals surface area (Å²) in [5, 5.41) is 3.47. The van der Waals surface area contributed by atoms with Gasteiger partial charge in [-0.1, -0.05) is 23.8 Å². The van der Waals surface area contributed by atoms with Gasteiger partial charge in [-0.15, -0.1) is 0 Å². The smallest absolute Gasteiger partial charge is 0.337 e. The maximum absolute atomic E-state index is 11.3. The van der Waals surface area contributed by atoms with Gasteiger partial charge in [-0.25, -0.2) is 4.79 Å². The van der Waals surface area contributed by atoms with Crippen LogP contribution >= 0.6 is 0 Å². The summed E-state index contributed by atoms with van der Waals surface area (Å²) in [6.45, 7) is 3.05. The predicted octanol–water partition coefficient (Wildman–Crippen LogP) is 2.63. The molecule has 0 atom stereocenters. The molecule has 0 aliphatic heterocycles. The van der Waals surface area contributed by atoms with Gasteiger partial charge in [0.2, 0.25) is 0 Å². The third kappa shape index (κ3) is 3.70. The summed E-state index contributed by atoms with van der Waals surface area (Å²) >= 11 is 0. The van der Waals surface area contributed by atoms with Crippen LogP contribution in [0.2, 0.25) is 0 Å². The molecular weight excluding hydrogens is 226 g/mol. The Bertz CT molecular complexity index is 444. The zero-order chi connectivity index (χ0) is 13.0. The molecule has 0 bridgehead atoms. The lowest BCUT2D eigenvalue weighted by atomic mass is 10.1. The van der Waals surface area contributed by atoms with E-state index in [2.05, 4.69) is 23.1 Å². The molecular formula is C15H19NO2. The zero-order valence-electron chi connectivity index (χ0n) is 10.9. The molecule has 2 rings (SSSR count). The summed E-state index contributed by atoms with van der Waals surface area (Å²) in [4.78, 5) is 11.3. The van der Waals surface area contributed by atoms with Crippen LogP contribution in [0.3, 0.4) is 0 Å². The molecule has 0 spiro atoms. The number of benzene rings is 1. The Kier molecular flexibility index (Phi) is 4.15. The standard InChI is InChI=1S/C15H19NO2/c1-11(10-16-14-7-8-14)9-12-3-5-13(6-4-12)15(17)18-2/h3-6,9,14,16H,7-8,10H2,1-2H3. The fraction of sp³-hybridized carbons (Fsp3) is 0.400. The van der Waals surface area contributed by atoms with E-state index < -0.39 is 0 Å². The largest absolute Gasteiger partial charge is 0.465 e. The van der Waals surface area contributed by atoms with Crippen LogP contribution < -0.4 is 5.32 Å². The highest BCUT2D eigenvalue weighted by molar-refractivity contribution is 5.89. The fourth-order valence-electron chi connectivity index (χ4n) is 1.76. The van der Waals surface area contributed by atoms with Gasteiger partial charge in [-0.2, -0.15) is 0 Å². The number of hydrogen-bond acceptors (Lipinski definition) is 3. The van der Waals surface area contributed by atoms with Crippen molar-refractivity contribution in [3.05, 3.63) is 41.0 Å². The van der Waals surface area contributed by atoms with Gasteiger partial charge in [0.1, 0.15) is 0 Å². The second-order valence-electron chi connectivity index (χ2n) is 4.76. The van der Waals surface area contributed by atoms with Crippen LogP contribution in [-0.4, -0.2) is 25.7 Å². The van der Waals surface area contributed by atoms with E-state index in [1.54, 1.807) is 12.1 Å². The lowest BCUT2D eigenvalue weighted by Crippen LogP contribution is -2.18. The second kappa shape index (κ2) is 5.83. The SMILES string of the molecule is COC(=O)c1ccc(C=C(C)CNC2CC2)cc1. The van der Waals surface area contributed by atoms with Gasteiger partial charge in [0.15, 0.2) is 0 Å². The Balaban J connectivity index is 1.95. The normalized spacial score (nSPS) is 15.6. The van der Waals surface area contributed by atoms with E-state index in [0.717, 1.165) is 18.2 Å². The van der Waals surface area contributed by atoms with Gasteiger partial charge in [0, 0.05) is 12.6 Å². The summed E-state index contributed by atoms with van der Waals surface area (Å²) < 4.78 is 4.66. The van der Waals surface area contributed by atoms with Crippen molar-refractivity contribution in [2.75, 3.05) is 13.7 Å². The number of hydrogen-bond donors (Lipinski definition) is 1. The van der Waals surface area contributed by atoms with Crippen molar-refractivity contribution in [1.29, 1.82) is 0 Å². The van der Waals surface area contributed by atoms with E-state index in [-0.39, 0.29) is 5.97 Å². The van der Waals surface area contributed by atoms with Crippen molar-refractivity contribution in [2.45, 2.75) is 25.8 Å². The molecule has 1 aliphatic carbocycles. The minimum atomic E-state index is -0.294. The van der Waals surface area contributed by atoms with Gasteiger partial charge in [-0.05, 0) is 37.5 Å². The minimum Gasteiger partial charge on any atom is -0.465 e. The molecule has 0 radical (unpaired) electrons. The van der Waals surface area contributed by atoms with Crippen LogP contribution in [0.1, 0.15) is 35.7 Å². The Morgan fingerprint density at radius 2 is 2.06 bits per heavy atom. The third-order valence-corrected chi connectivity index (χ3v) is 2.99. The maximum Gasteiger partial charge on any atom is 0.337 e. The predicted molar refractivity (Wildman–Crippen MR) is 72.5 cm³/mol. The number of carbonyl (C=O) groups excluding carboxylic acids is 1. The highest BCUT2D eigenvalue weighted by Gasteiger charge is 2.19. The quantitative estimate of drug-likeness (QED) is 0.810. The van der Waals surface area contributed by atoms with E-state index in [4.69, 9.17) is 0 Å². The van der Waals surface area contributed by atoms with Crippen molar-refractivity contribution < 1.29 is 9.53 Å². The highest BCUT2D eigenvalue weighted by atomic mass is 16.5. The topological polar surface area (TPSA) is 38.3 Å². The lowest BCUT2D eigenvalue weighted by molar-refractivity contribution is 0.0601. The number of ether oxygens (including phenoxy) is 1. The number of esters is 1. The molecule has 1 N–H and O–H groups in total. The summed E-state index contributed by atoms with van der Waals surface area (Å²) in [5.74, 6) is -0.294. The van der Waals surface area contributed by atoms with Crippen molar-refractivity contribution in [3.8, 4) is 0 Å². The average Bonchev–Trinajstić information content (AvgIpc) is 3.20. The molecule has 1 aromatic carbocycles. The Morgan fingerprint density at radius 1 is 1.39 bits per heavy atom. The first-order valence-electron chi connectivity index (χ1n) is 6.28. The van der Waals surface area contributed by atoms with Crippen LogP contribution in [0.25, 0.3) is 6.08 Å². The molecule has 96 valence electrons. The monoisotopic (exact) mass is 245 g/mol. The van der Waals surface area contributed by atoms with Gasteiger partial charge in [-0.3, -0.25) is 0 Å². The molecule has 0 unspecified atom stereocenters. The van der Waals surface area contributed by atoms with Gasteiger partial charge in [0.25, 0.3) is 0 Å². The first kappa shape index (κ1) is 12.8. The van der Waals surface area contributed by atoms with E-state index in [9.17, 15) is 4.79 Å². The number of rotatable bonds is 5. The van der Waals surface area contributed by atoms with Crippen molar-refractivity contribution >= 4 is 12.0 Å². The van der Waals surface area contributed by atoms with Crippen LogP contribution in [0, 0.1) is 0 Å². The summed E-state index contributed by atoms with van der Waals surface area (Å²) in [5.41, 5.74) is 2.99. The van der Waals surface area contributed by atoms with Gasteiger partial charge >= 0.3 is 5.97 Å². The Labute approximate surface area is 108 Å². The molecule has 3 heteroatoms. The first-order chi connectivity index (χ1) is 8.69. The zero-order valence-corrected chi connectivity index (χ0v) is 10.9. The summed E-state index contributed by atoms with van der Waals surface area (Å²) in [6.07, 6.45) is 4.75. The Morgan fingerprint density at radius 3 is 2.61 bits per heavy atom. The van der Waals surface area contributed by atoms with Gasteiger partial charge in [0.05, 0.1) is 12.7 Å². The fourth-order valence-corrected chi connectivity index (χ4v) is 1.76. The van der Waals surface area contributed by atoms with E-state index in [1.807, 2.05) is 12.1 Å². The molecule has 1 saturated carbocycles. The van der Waals surface area contributed by atoms with Crippen molar-refractivity contribution in [2.24, 2.45) is 0 Å². The minimum absolute atomic E-state index is 0.294. The van der Waals surface area contributed by atoms with Crippen LogP contribution in [0.4, 0.5) is 0 Å². The molecule has 3 nitrogen and oxygen atoms in total. The van der Waals surface area contributed by atoms with E-state index in [0.29, 0.717) is 5.56 Å². The van der Waals surface area contributed by atoms with E-state index in [1.165, 1.54) is 25.5 Å². The molecule has 0 heterocycles. The molecule has 0 aromatic heterocycles. The molecule has 0 amide bonds. The maximum atomic E-state index is 11.3. The number of carbonyl (C=O) groups is 1. The lowest BCUT2D eigenvalue weighted by Gasteiger charge is -2.04. The van der Waals surface area contributed by atoms with Crippen molar-refractivity contribution in [3.63, 3.8) is 0 Å². The molecule has 1 fully saturated rings. The second-order valence-corrected chi connectivity index (χ2v) is 4.76. The third-order valence-electron chi connectivity index (χ3n) is 2.99. The molecule has 1 aromatic rings. The van der Waals surface area contributed by atoms with Crippen LogP contribution in [0.5, 0.6) is 0 Å². The first-order valence-corrected chi connectivity index (χ1v) is 6.28. The van der Waals surface area contributed by atoms with Crippen LogP contribution in [-0.2, 0) is 4.74 Å². The Hall–Kier alpha value is -1.61. The van der Waals surface area contributed by atoms with E-state index >= 15 is 0 Å². The summed E-state index contributed by atoms with van der Waals surface area (Å²) in [6, 6.07) is 8.19. The van der Waals surface area contributed by atoms with Gasteiger partial charge < -0.3 is 10.1 Å². The molecule has 1 aliphatic rings. The molecule has 18 heavy (non-hydrogen) atoms.